The summed E-state index contributed by atoms with van der Waals surface area (Å²) in [5.41, 5.74) is 2.91. The molecule has 40 heavy (non-hydrogen) atoms. The van der Waals surface area contributed by atoms with Gasteiger partial charge in [-0.25, -0.2) is 14.0 Å². The van der Waals surface area contributed by atoms with Gasteiger partial charge in [-0.3, -0.25) is 0 Å². The van der Waals surface area contributed by atoms with Crippen molar-refractivity contribution in [3.8, 4) is 11.5 Å². The van der Waals surface area contributed by atoms with Crippen LogP contribution in [0, 0.1) is 5.82 Å². The van der Waals surface area contributed by atoms with Gasteiger partial charge in [0.2, 0.25) is 0 Å². The molecule has 0 amide bonds. The normalized spacial score (nSPS) is 13.2. The third kappa shape index (κ3) is 6.88. The summed E-state index contributed by atoms with van der Waals surface area (Å²) in [6.45, 7) is 4.36. The monoisotopic (exact) mass is 545 g/mol. The lowest BCUT2D eigenvalue weighted by Gasteiger charge is -2.30. The number of halogens is 1. The summed E-state index contributed by atoms with van der Waals surface area (Å²) in [6.07, 6.45) is 3.31. The number of carbonyl (C=O) groups is 2. The Balaban J connectivity index is 1.75. The number of rotatable bonds is 11. The Morgan fingerprint density at radius 2 is 1.43 bits per heavy atom. The molecule has 0 N–H and O–H groups in total. The number of carbonyl (C=O) groups excluding carboxylic acids is 2. The summed E-state index contributed by atoms with van der Waals surface area (Å²) in [7, 11) is 1.55. The van der Waals surface area contributed by atoms with Gasteiger partial charge < -0.3 is 23.8 Å². The average molecular weight is 546 g/mol. The van der Waals surface area contributed by atoms with Gasteiger partial charge in [0.25, 0.3) is 0 Å². The van der Waals surface area contributed by atoms with Crippen LogP contribution in [0.2, 0.25) is 0 Å². The number of esters is 2. The van der Waals surface area contributed by atoms with E-state index in [9.17, 15) is 14.0 Å². The summed E-state index contributed by atoms with van der Waals surface area (Å²) in [4.78, 5) is 28.2. The molecule has 0 atom stereocenters. The van der Waals surface area contributed by atoms with Gasteiger partial charge in [0.15, 0.2) is 11.5 Å². The van der Waals surface area contributed by atoms with Crippen LogP contribution in [-0.4, -0.2) is 37.2 Å². The van der Waals surface area contributed by atoms with Gasteiger partial charge in [-0.2, -0.15) is 0 Å². The maximum absolute atomic E-state index is 13.5. The lowest BCUT2D eigenvalue weighted by Crippen LogP contribution is -2.29. The Morgan fingerprint density at radius 3 is 2.00 bits per heavy atom. The highest BCUT2D eigenvalue weighted by Gasteiger charge is 2.36. The zero-order chi connectivity index (χ0) is 28.5. The number of benzene rings is 3. The largest absolute Gasteiger partial charge is 0.493 e. The smallest absolute Gasteiger partial charge is 0.336 e. The standard InChI is InChI=1S/C32H32FNO6/c1-4-38-31(35)26-19-34(18-22-11-14-25(33)15-12-22)20-27(32(36)39-5-2)30(26)24-13-16-28(37-3)29(17-24)40-21-23-9-7-6-8-10-23/h6-17,19-20,30H,4-5,18,21H2,1-3H3. The van der Waals surface area contributed by atoms with Crippen LogP contribution in [0.4, 0.5) is 4.39 Å². The van der Waals surface area contributed by atoms with Crippen molar-refractivity contribution in [3.05, 3.63) is 119 Å². The Labute approximate surface area is 233 Å². The number of methoxy groups -OCH3 is 1. The molecule has 0 aromatic heterocycles. The fraction of sp³-hybridized carbons (Fsp3) is 0.250. The van der Waals surface area contributed by atoms with E-state index in [0.717, 1.165) is 11.1 Å². The number of nitrogens with zero attached hydrogens (tertiary/aromatic N) is 1. The van der Waals surface area contributed by atoms with Gasteiger partial charge >= 0.3 is 11.9 Å². The molecule has 0 aliphatic carbocycles. The first-order valence-corrected chi connectivity index (χ1v) is 13.1. The fourth-order valence-electron chi connectivity index (χ4n) is 4.45. The predicted molar refractivity (Wildman–Crippen MR) is 148 cm³/mol. The van der Waals surface area contributed by atoms with Gasteiger partial charge in [0, 0.05) is 18.9 Å². The van der Waals surface area contributed by atoms with Crippen molar-refractivity contribution in [2.75, 3.05) is 20.3 Å². The molecule has 7 nitrogen and oxygen atoms in total. The van der Waals surface area contributed by atoms with Crippen LogP contribution in [0.3, 0.4) is 0 Å². The Bertz CT molecular complexity index is 1350. The minimum atomic E-state index is -0.785. The molecule has 0 saturated carbocycles. The maximum atomic E-state index is 13.5. The predicted octanol–water partition coefficient (Wildman–Crippen LogP) is 5.91. The Kier molecular flexibility index (Phi) is 9.57. The van der Waals surface area contributed by atoms with Crippen molar-refractivity contribution in [2.45, 2.75) is 32.9 Å². The molecule has 0 bridgehead atoms. The van der Waals surface area contributed by atoms with Crippen LogP contribution in [0.15, 0.2) is 96.3 Å². The van der Waals surface area contributed by atoms with Crippen molar-refractivity contribution < 1.29 is 32.9 Å². The second-order valence-corrected chi connectivity index (χ2v) is 9.03. The summed E-state index contributed by atoms with van der Waals surface area (Å²) < 4.78 is 35.9. The lowest BCUT2D eigenvalue weighted by molar-refractivity contribution is -0.139. The summed E-state index contributed by atoms with van der Waals surface area (Å²) in [6, 6.07) is 21.0. The third-order valence-corrected chi connectivity index (χ3v) is 6.29. The molecular formula is C32H32FNO6. The number of hydrogen-bond donors (Lipinski definition) is 0. The van der Waals surface area contributed by atoms with Crippen molar-refractivity contribution >= 4 is 11.9 Å². The topological polar surface area (TPSA) is 74.3 Å². The van der Waals surface area contributed by atoms with Gasteiger partial charge in [-0.1, -0.05) is 48.5 Å². The van der Waals surface area contributed by atoms with Crippen LogP contribution in [0.5, 0.6) is 11.5 Å². The van der Waals surface area contributed by atoms with E-state index in [4.69, 9.17) is 18.9 Å². The SMILES string of the molecule is CCOC(=O)C1=CN(Cc2ccc(F)cc2)C=C(C(=O)OCC)C1c1ccc(OC)c(OCc2ccccc2)c1. The van der Waals surface area contributed by atoms with Crippen LogP contribution in [0.25, 0.3) is 0 Å². The molecule has 0 saturated heterocycles. The molecule has 0 unspecified atom stereocenters. The minimum absolute atomic E-state index is 0.160. The highest BCUT2D eigenvalue weighted by Crippen LogP contribution is 2.41. The van der Waals surface area contributed by atoms with Gasteiger partial charge in [0.05, 0.1) is 37.4 Å². The Morgan fingerprint density at radius 1 is 0.800 bits per heavy atom. The first kappa shape index (κ1) is 28.4. The second kappa shape index (κ2) is 13.5. The lowest BCUT2D eigenvalue weighted by atomic mass is 9.83. The molecule has 1 heterocycles. The van der Waals surface area contributed by atoms with E-state index >= 15 is 0 Å². The van der Waals surface area contributed by atoms with Gasteiger partial charge in [0.1, 0.15) is 12.4 Å². The van der Waals surface area contributed by atoms with E-state index < -0.39 is 17.9 Å². The summed E-state index contributed by atoms with van der Waals surface area (Å²) in [5, 5.41) is 0. The first-order valence-electron chi connectivity index (χ1n) is 13.1. The molecule has 1 aliphatic rings. The number of ether oxygens (including phenoxy) is 4. The van der Waals surface area contributed by atoms with Crippen LogP contribution < -0.4 is 9.47 Å². The minimum Gasteiger partial charge on any atom is -0.493 e. The summed E-state index contributed by atoms with van der Waals surface area (Å²) in [5.74, 6) is -1.28. The van der Waals surface area contributed by atoms with Gasteiger partial charge in [-0.05, 0) is 54.8 Å². The fourth-order valence-corrected chi connectivity index (χ4v) is 4.45. The highest BCUT2D eigenvalue weighted by atomic mass is 19.1. The molecular weight excluding hydrogens is 513 g/mol. The zero-order valence-electron chi connectivity index (χ0n) is 22.8. The average Bonchev–Trinajstić information content (AvgIpc) is 2.97. The zero-order valence-corrected chi connectivity index (χ0v) is 22.8. The molecule has 3 aromatic rings. The molecule has 208 valence electrons. The van der Waals surface area contributed by atoms with E-state index in [1.807, 2.05) is 30.3 Å². The van der Waals surface area contributed by atoms with E-state index in [-0.39, 0.29) is 30.2 Å². The first-order chi connectivity index (χ1) is 19.4. The highest BCUT2D eigenvalue weighted by molar-refractivity contribution is 5.98. The molecule has 0 radical (unpaired) electrons. The second-order valence-electron chi connectivity index (χ2n) is 9.03. The Hall–Kier alpha value is -4.59. The molecule has 0 spiro atoms. The molecule has 4 rings (SSSR count). The maximum Gasteiger partial charge on any atom is 0.336 e. The van der Waals surface area contributed by atoms with Crippen LogP contribution in [-0.2, 0) is 32.2 Å². The van der Waals surface area contributed by atoms with E-state index in [2.05, 4.69) is 0 Å². The molecule has 0 fully saturated rings. The van der Waals surface area contributed by atoms with Crippen molar-refractivity contribution in [2.24, 2.45) is 0 Å². The van der Waals surface area contributed by atoms with Crippen LogP contribution >= 0.6 is 0 Å². The third-order valence-electron chi connectivity index (χ3n) is 6.29. The van der Waals surface area contributed by atoms with Crippen LogP contribution in [0.1, 0.15) is 36.5 Å². The van der Waals surface area contributed by atoms with Gasteiger partial charge in [-0.15, -0.1) is 0 Å². The molecule has 8 heteroatoms. The van der Waals surface area contributed by atoms with E-state index in [0.29, 0.717) is 30.2 Å². The summed E-state index contributed by atoms with van der Waals surface area (Å²) >= 11 is 0. The molecule has 1 aliphatic heterocycles. The quantitative estimate of drug-likeness (QED) is 0.278. The van der Waals surface area contributed by atoms with E-state index in [1.54, 1.807) is 68.6 Å². The number of hydrogen-bond acceptors (Lipinski definition) is 7. The van der Waals surface area contributed by atoms with Crippen molar-refractivity contribution in [3.63, 3.8) is 0 Å². The van der Waals surface area contributed by atoms with E-state index in [1.165, 1.54) is 12.1 Å². The molecule has 3 aromatic carbocycles. The van der Waals surface area contributed by atoms with Crippen molar-refractivity contribution in [1.82, 2.24) is 4.90 Å². The van der Waals surface area contributed by atoms with Crippen molar-refractivity contribution in [1.29, 1.82) is 0 Å².